The van der Waals surface area contributed by atoms with Gasteiger partial charge in [0.15, 0.2) is 0 Å². The van der Waals surface area contributed by atoms with E-state index in [1.54, 1.807) is 19.1 Å². The molecule has 1 aliphatic heterocycles. The second-order valence-electron chi connectivity index (χ2n) is 5.74. The predicted octanol–water partition coefficient (Wildman–Crippen LogP) is 2.65. The zero-order valence-corrected chi connectivity index (χ0v) is 14.9. The van der Waals surface area contributed by atoms with Gasteiger partial charge in [-0.15, -0.1) is 0 Å². The van der Waals surface area contributed by atoms with Gasteiger partial charge < -0.3 is 5.32 Å². The summed E-state index contributed by atoms with van der Waals surface area (Å²) in [7, 11) is -4.03. The van der Waals surface area contributed by atoms with Gasteiger partial charge in [-0.3, -0.25) is 4.79 Å². The van der Waals surface area contributed by atoms with Crippen LogP contribution in [-0.2, 0) is 14.8 Å². The number of halogens is 2. The number of nitrogens with one attached hydrogen (secondary N) is 1. The molecule has 5 nitrogen and oxygen atoms in total. The first-order valence-electron chi connectivity index (χ1n) is 7.62. The van der Waals surface area contributed by atoms with Crippen molar-refractivity contribution in [1.82, 2.24) is 9.62 Å². The zero-order valence-electron chi connectivity index (χ0n) is 13.4. The van der Waals surface area contributed by atoms with Crippen molar-refractivity contribution in [2.24, 2.45) is 0 Å². The first-order chi connectivity index (χ1) is 11.8. The number of hydrogen-bond donors (Lipinski definition) is 1. The molecule has 0 aliphatic carbocycles. The summed E-state index contributed by atoms with van der Waals surface area (Å²) in [6, 6.07) is 8.77. The highest BCUT2D eigenvalue weighted by Crippen LogP contribution is 2.32. The summed E-state index contributed by atoms with van der Waals surface area (Å²) < 4.78 is 41.3. The average Bonchev–Trinajstić information content (AvgIpc) is 2.58. The third-order valence-electron chi connectivity index (χ3n) is 4.12. The van der Waals surface area contributed by atoms with Crippen LogP contribution in [0.3, 0.4) is 0 Å². The number of piperazine rings is 1. The lowest BCUT2D eigenvalue weighted by Gasteiger charge is -2.34. The van der Waals surface area contributed by atoms with E-state index in [2.05, 4.69) is 5.32 Å². The number of nitrogens with zero attached hydrogens (tertiary/aromatic N) is 1. The summed E-state index contributed by atoms with van der Waals surface area (Å²) in [6.45, 7) is 1.95. The van der Waals surface area contributed by atoms with Gasteiger partial charge in [-0.05, 0) is 30.7 Å². The Labute approximate surface area is 150 Å². The van der Waals surface area contributed by atoms with Crippen molar-refractivity contribution in [3.05, 3.63) is 64.4 Å². The van der Waals surface area contributed by atoms with Crippen molar-refractivity contribution in [2.75, 3.05) is 13.1 Å². The molecule has 2 aromatic rings. The monoisotopic (exact) mass is 382 g/mol. The van der Waals surface area contributed by atoms with Crippen LogP contribution in [0.4, 0.5) is 4.39 Å². The third kappa shape index (κ3) is 3.27. The van der Waals surface area contributed by atoms with Gasteiger partial charge in [-0.1, -0.05) is 35.9 Å². The molecule has 1 N–H and O–H groups in total. The highest BCUT2D eigenvalue weighted by atomic mass is 35.5. The van der Waals surface area contributed by atoms with Crippen molar-refractivity contribution < 1.29 is 17.6 Å². The van der Waals surface area contributed by atoms with Crippen molar-refractivity contribution in [1.29, 1.82) is 0 Å². The van der Waals surface area contributed by atoms with Gasteiger partial charge in [0.05, 0.1) is 4.90 Å². The number of carbonyl (C=O) groups is 1. The molecule has 0 aromatic heterocycles. The molecule has 1 fully saturated rings. The molecule has 1 atom stereocenters. The average molecular weight is 383 g/mol. The van der Waals surface area contributed by atoms with Crippen LogP contribution in [0.2, 0.25) is 5.02 Å². The molecule has 0 saturated carbocycles. The van der Waals surface area contributed by atoms with Gasteiger partial charge >= 0.3 is 0 Å². The molecule has 1 saturated heterocycles. The SMILES string of the molecule is Cc1ccc(S(=O)(=O)N2CCNC(=O)C2c2ccccc2F)cc1Cl. The lowest BCUT2D eigenvalue weighted by atomic mass is 10.0. The van der Waals surface area contributed by atoms with Crippen LogP contribution in [0.15, 0.2) is 47.4 Å². The largest absolute Gasteiger partial charge is 0.353 e. The first-order valence-corrected chi connectivity index (χ1v) is 9.44. The maximum atomic E-state index is 14.2. The van der Waals surface area contributed by atoms with Crippen LogP contribution in [0, 0.1) is 12.7 Å². The minimum Gasteiger partial charge on any atom is -0.353 e. The molecule has 132 valence electrons. The highest BCUT2D eigenvalue weighted by Gasteiger charge is 2.40. The summed E-state index contributed by atoms with van der Waals surface area (Å²) in [5, 5.41) is 2.90. The fourth-order valence-corrected chi connectivity index (χ4v) is 4.61. The van der Waals surface area contributed by atoms with Crippen LogP contribution in [0.5, 0.6) is 0 Å². The highest BCUT2D eigenvalue weighted by molar-refractivity contribution is 7.89. The molecule has 0 radical (unpaired) electrons. The van der Waals surface area contributed by atoms with Crippen LogP contribution in [0.25, 0.3) is 0 Å². The molecule has 0 spiro atoms. The Kier molecular flexibility index (Phi) is 4.81. The van der Waals surface area contributed by atoms with E-state index < -0.39 is 27.8 Å². The molecule has 8 heteroatoms. The molecule has 3 rings (SSSR count). The molecule has 1 unspecified atom stereocenters. The predicted molar refractivity (Wildman–Crippen MR) is 92.2 cm³/mol. The van der Waals surface area contributed by atoms with E-state index >= 15 is 0 Å². The third-order valence-corrected chi connectivity index (χ3v) is 6.39. The molecule has 25 heavy (non-hydrogen) atoms. The van der Waals surface area contributed by atoms with E-state index in [4.69, 9.17) is 11.6 Å². The summed E-state index contributed by atoms with van der Waals surface area (Å²) in [5.41, 5.74) is 0.754. The van der Waals surface area contributed by atoms with Crippen molar-refractivity contribution in [3.63, 3.8) is 0 Å². The molecule has 2 aromatic carbocycles. The maximum absolute atomic E-state index is 14.2. The van der Waals surface area contributed by atoms with Crippen LogP contribution in [-0.4, -0.2) is 31.7 Å². The van der Waals surface area contributed by atoms with Gasteiger partial charge in [0.2, 0.25) is 15.9 Å². The molecular formula is C17H16ClFN2O3S. The topological polar surface area (TPSA) is 66.5 Å². The minimum absolute atomic E-state index is 0.0153. The smallest absolute Gasteiger partial charge is 0.244 e. The molecule has 1 heterocycles. The van der Waals surface area contributed by atoms with E-state index in [1.165, 1.54) is 30.3 Å². The number of amides is 1. The molecule has 0 bridgehead atoms. The fourth-order valence-electron chi connectivity index (χ4n) is 2.77. The number of carbonyl (C=O) groups excluding carboxylic acids is 1. The van der Waals surface area contributed by atoms with Crippen molar-refractivity contribution in [3.8, 4) is 0 Å². The van der Waals surface area contributed by atoms with Crippen molar-refractivity contribution >= 4 is 27.5 Å². The maximum Gasteiger partial charge on any atom is 0.244 e. The Hall–Kier alpha value is -1.96. The summed E-state index contributed by atoms with van der Waals surface area (Å²) in [4.78, 5) is 12.3. The number of aryl methyl sites for hydroxylation is 1. The standard InChI is InChI=1S/C17H16ClFN2O3S/c1-11-6-7-12(10-14(11)18)25(23,24)21-9-8-20-17(22)16(21)13-4-2-3-5-15(13)19/h2-7,10,16H,8-9H2,1H3,(H,20,22). The van der Waals surface area contributed by atoms with Gasteiger partial charge in [0.25, 0.3) is 0 Å². The Morgan fingerprint density at radius 1 is 1.24 bits per heavy atom. The van der Waals surface area contributed by atoms with Crippen LogP contribution < -0.4 is 5.32 Å². The number of rotatable bonds is 3. The van der Waals surface area contributed by atoms with Crippen LogP contribution >= 0.6 is 11.6 Å². The van der Waals surface area contributed by atoms with Gasteiger partial charge in [-0.2, -0.15) is 4.31 Å². The lowest BCUT2D eigenvalue weighted by molar-refractivity contribution is -0.127. The number of hydrogen-bond acceptors (Lipinski definition) is 3. The summed E-state index contributed by atoms with van der Waals surface area (Å²) in [5.74, 6) is -1.19. The normalized spacial score (nSPS) is 18.8. The summed E-state index contributed by atoms with van der Waals surface area (Å²) in [6.07, 6.45) is 0. The second kappa shape index (κ2) is 6.74. The van der Waals surface area contributed by atoms with E-state index in [9.17, 15) is 17.6 Å². The Morgan fingerprint density at radius 3 is 2.64 bits per heavy atom. The summed E-state index contributed by atoms with van der Waals surface area (Å²) >= 11 is 6.04. The lowest BCUT2D eigenvalue weighted by Crippen LogP contribution is -2.52. The van der Waals surface area contributed by atoms with Crippen LogP contribution in [0.1, 0.15) is 17.2 Å². The number of benzene rings is 2. The molecule has 1 amide bonds. The molecular weight excluding hydrogens is 367 g/mol. The second-order valence-corrected chi connectivity index (χ2v) is 8.04. The van der Waals surface area contributed by atoms with E-state index in [1.807, 2.05) is 0 Å². The quantitative estimate of drug-likeness (QED) is 0.887. The Morgan fingerprint density at radius 2 is 1.96 bits per heavy atom. The first kappa shape index (κ1) is 17.8. The van der Waals surface area contributed by atoms with Gasteiger partial charge in [-0.25, -0.2) is 12.8 Å². The molecule has 1 aliphatic rings. The Balaban J connectivity index is 2.10. The van der Waals surface area contributed by atoms with E-state index in [0.29, 0.717) is 5.02 Å². The van der Waals surface area contributed by atoms with E-state index in [0.717, 1.165) is 9.87 Å². The van der Waals surface area contributed by atoms with Crippen molar-refractivity contribution in [2.45, 2.75) is 17.9 Å². The number of sulfonamides is 1. The minimum atomic E-state index is -4.03. The fraction of sp³-hybridized carbons (Fsp3) is 0.235. The van der Waals surface area contributed by atoms with Gasteiger partial charge in [0, 0.05) is 23.7 Å². The van der Waals surface area contributed by atoms with E-state index in [-0.39, 0.29) is 23.5 Å². The zero-order chi connectivity index (χ0) is 18.2. The Bertz CT molecular complexity index is 933. The van der Waals surface area contributed by atoms with Gasteiger partial charge in [0.1, 0.15) is 11.9 Å².